The first kappa shape index (κ1) is 10.4. The van der Waals surface area contributed by atoms with Gasteiger partial charge < -0.3 is 9.73 Å². The topological polar surface area (TPSA) is 28.4 Å². The number of hydrogen-bond donors (Lipinski definition) is 1. The summed E-state index contributed by atoms with van der Waals surface area (Å²) < 4.78 is 5.26. The summed E-state index contributed by atoms with van der Waals surface area (Å²) in [5, 5.41) is 3.42. The molecule has 1 saturated carbocycles. The summed E-state index contributed by atoms with van der Waals surface area (Å²) in [7, 11) is 0. The normalized spacial score (nSPS) is 25.2. The smallest absolute Gasteiger partial charge is 0.0950 e. The minimum absolute atomic E-state index is 0.606. The molecule has 1 aliphatic carbocycles. The molecule has 16 heavy (non-hydrogen) atoms. The van der Waals surface area contributed by atoms with Gasteiger partial charge in [0.25, 0.3) is 0 Å². The number of nitrogens with zero attached hydrogens (tertiary/aromatic N) is 1. The predicted molar refractivity (Wildman–Crippen MR) is 63.2 cm³/mol. The zero-order valence-corrected chi connectivity index (χ0v) is 9.69. The van der Waals surface area contributed by atoms with Crippen molar-refractivity contribution in [2.45, 2.75) is 25.3 Å². The van der Waals surface area contributed by atoms with Gasteiger partial charge in [-0.3, -0.25) is 4.90 Å². The van der Waals surface area contributed by atoms with Crippen LogP contribution in [0.25, 0.3) is 0 Å². The fraction of sp³-hybridized carbons (Fsp3) is 0.692. The highest BCUT2D eigenvalue weighted by Gasteiger charge is 2.33. The molecular formula is C13H20N2O. The quantitative estimate of drug-likeness (QED) is 0.845. The van der Waals surface area contributed by atoms with E-state index >= 15 is 0 Å². The summed E-state index contributed by atoms with van der Waals surface area (Å²) in [5.41, 5.74) is 1.38. The van der Waals surface area contributed by atoms with Crippen LogP contribution < -0.4 is 5.32 Å². The van der Waals surface area contributed by atoms with E-state index < -0.39 is 0 Å². The van der Waals surface area contributed by atoms with E-state index in [9.17, 15) is 0 Å². The number of furan rings is 1. The fourth-order valence-corrected chi connectivity index (χ4v) is 2.94. The molecule has 0 spiro atoms. The Balaban J connectivity index is 1.77. The second-order valence-electron chi connectivity index (χ2n) is 4.98. The van der Waals surface area contributed by atoms with Crippen LogP contribution in [-0.2, 0) is 0 Å². The van der Waals surface area contributed by atoms with E-state index in [2.05, 4.69) is 16.3 Å². The van der Waals surface area contributed by atoms with Crippen LogP contribution >= 0.6 is 0 Å². The maximum Gasteiger partial charge on any atom is 0.0950 e. The number of piperazine rings is 1. The molecule has 0 radical (unpaired) electrons. The van der Waals surface area contributed by atoms with Gasteiger partial charge >= 0.3 is 0 Å². The zero-order valence-electron chi connectivity index (χ0n) is 9.69. The molecule has 2 heterocycles. The van der Waals surface area contributed by atoms with Crippen LogP contribution in [-0.4, -0.2) is 31.1 Å². The molecule has 2 aliphatic rings. The molecule has 2 fully saturated rings. The Bertz CT molecular complexity index is 313. The van der Waals surface area contributed by atoms with E-state index in [1.807, 2.05) is 12.5 Å². The van der Waals surface area contributed by atoms with Gasteiger partial charge in [0.1, 0.15) is 0 Å². The molecular weight excluding hydrogens is 200 g/mol. The van der Waals surface area contributed by atoms with Crippen molar-refractivity contribution < 1.29 is 4.42 Å². The van der Waals surface area contributed by atoms with Gasteiger partial charge in [-0.25, -0.2) is 0 Å². The molecule has 1 aromatic heterocycles. The first-order chi connectivity index (χ1) is 7.95. The molecule has 0 bridgehead atoms. The Kier molecular flexibility index (Phi) is 2.98. The van der Waals surface area contributed by atoms with Gasteiger partial charge in [0.2, 0.25) is 0 Å². The Labute approximate surface area is 96.8 Å². The van der Waals surface area contributed by atoms with Gasteiger partial charge in [-0.2, -0.15) is 0 Å². The maximum absolute atomic E-state index is 5.26. The summed E-state index contributed by atoms with van der Waals surface area (Å²) in [6, 6.07) is 2.75. The highest BCUT2D eigenvalue weighted by Crippen LogP contribution is 2.41. The number of hydrogen-bond acceptors (Lipinski definition) is 3. The molecule has 3 heteroatoms. The Morgan fingerprint density at radius 2 is 2.12 bits per heavy atom. The Morgan fingerprint density at radius 1 is 1.31 bits per heavy atom. The van der Waals surface area contributed by atoms with Gasteiger partial charge in [-0.15, -0.1) is 0 Å². The average molecular weight is 220 g/mol. The van der Waals surface area contributed by atoms with Gasteiger partial charge in [-0.1, -0.05) is 6.42 Å². The van der Waals surface area contributed by atoms with Crippen molar-refractivity contribution in [3.63, 3.8) is 0 Å². The van der Waals surface area contributed by atoms with Gasteiger partial charge in [-0.05, 0) is 24.8 Å². The minimum atomic E-state index is 0.606. The molecule has 0 unspecified atom stereocenters. The molecule has 1 saturated heterocycles. The highest BCUT2D eigenvalue weighted by molar-refractivity contribution is 5.14. The number of nitrogens with one attached hydrogen (secondary N) is 1. The van der Waals surface area contributed by atoms with Crippen molar-refractivity contribution in [3.05, 3.63) is 24.2 Å². The minimum Gasteiger partial charge on any atom is -0.472 e. The van der Waals surface area contributed by atoms with Crippen molar-refractivity contribution in [1.29, 1.82) is 0 Å². The zero-order chi connectivity index (χ0) is 10.8. The molecule has 1 aromatic rings. The molecule has 0 amide bonds. The Hall–Kier alpha value is -0.800. The summed E-state index contributed by atoms with van der Waals surface area (Å²) in [6.07, 6.45) is 7.93. The third-order valence-electron chi connectivity index (χ3n) is 4.03. The van der Waals surface area contributed by atoms with Crippen molar-refractivity contribution in [3.8, 4) is 0 Å². The standard InChI is InChI=1S/C13H20N2O/c1-2-11(3-1)13(12-4-9-16-10-12)15-7-5-14-6-8-15/h4,9-11,13-14H,1-3,5-8H2/t13-/m0/s1. The Morgan fingerprint density at radius 3 is 2.69 bits per heavy atom. The van der Waals surface area contributed by atoms with Crippen molar-refractivity contribution in [1.82, 2.24) is 10.2 Å². The molecule has 3 nitrogen and oxygen atoms in total. The van der Waals surface area contributed by atoms with Crippen molar-refractivity contribution in [2.75, 3.05) is 26.2 Å². The summed E-state index contributed by atoms with van der Waals surface area (Å²) in [4.78, 5) is 2.63. The molecule has 1 N–H and O–H groups in total. The first-order valence-corrected chi connectivity index (χ1v) is 6.42. The van der Waals surface area contributed by atoms with Crippen molar-refractivity contribution in [2.24, 2.45) is 5.92 Å². The molecule has 1 atom stereocenters. The van der Waals surface area contributed by atoms with Crippen LogP contribution in [0.5, 0.6) is 0 Å². The van der Waals surface area contributed by atoms with Crippen LogP contribution in [0, 0.1) is 5.92 Å². The van der Waals surface area contributed by atoms with E-state index in [0.29, 0.717) is 6.04 Å². The number of rotatable bonds is 3. The van der Waals surface area contributed by atoms with Crippen molar-refractivity contribution >= 4 is 0 Å². The van der Waals surface area contributed by atoms with Crippen LogP contribution in [0.2, 0.25) is 0 Å². The summed E-state index contributed by atoms with van der Waals surface area (Å²) in [5.74, 6) is 0.857. The van der Waals surface area contributed by atoms with E-state index in [1.165, 1.54) is 37.9 Å². The first-order valence-electron chi connectivity index (χ1n) is 6.42. The maximum atomic E-state index is 5.26. The lowest BCUT2D eigenvalue weighted by molar-refractivity contribution is 0.0833. The van der Waals surface area contributed by atoms with E-state index in [1.54, 1.807) is 0 Å². The lowest BCUT2D eigenvalue weighted by atomic mass is 9.77. The molecule has 0 aromatic carbocycles. The molecule has 88 valence electrons. The SMILES string of the molecule is c1cc([C@H](C2CCC2)N2CCNCC2)co1. The second-order valence-corrected chi connectivity index (χ2v) is 4.98. The molecule has 3 rings (SSSR count). The fourth-order valence-electron chi connectivity index (χ4n) is 2.94. The monoisotopic (exact) mass is 220 g/mol. The lowest BCUT2D eigenvalue weighted by Crippen LogP contribution is -2.47. The summed E-state index contributed by atoms with van der Waals surface area (Å²) >= 11 is 0. The third kappa shape index (κ3) is 1.89. The largest absolute Gasteiger partial charge is 0.472 e. The van der Waals surface area contributed by atoms with E-state index in [4.69, 9.17) is 4.42 Å². The lowest BCUT2D eigenvalue weighted by Gasteiger charge is -2.42. The van der Waals surface area contributed by atoms with Gasteiger partial charge in [0.05, 0.1) is 12.5 Å². The second kappa shape index (κ2) is 4.60. The van der Waals surface area contributed by atoms with Crippen LogP contribution in [0.4, 0.5) is 0 Å². The predicted octanol–water partition coefficient (Wildman–Crippen LogP) is 2.03. The van der Waals surface area contributed by atoms with E-state index in [-0.39, 0.29) is 0 Å². The molecule has 1 aliphatic heterocycles. The van der Waals surface area contributed by atoms with Crippen LogP contribution in [0.15, 0.2) is 23.0 Å². The third-order valence-corrected chi connectivity index (χ3v) is 4.03. The van der Waals surface area contributed by atoms with Gasteiger partial charge in [0.15, 0.2) is 0 Å². The highest BCUT2D eigenvalue weighted by atomic mass is 16.3. The van der Waals surface area contributed by atoms with Crippen LogP contribution in [0.3, 0.4) is 0 Å². The average Bonchev–Trinajstić information content (AvgIpc) is 2.77. The van der Waals surface area contributed by atoms with E-state index in [0.717, 1.165) is 19.0 Å². The van der Waals surface area contributed by atoms with Gasteiger partial charge in [0, 0.05) is 37.8 Å². The van der Waals surface area contributed by atoms with Crippen LogP contribution in [0.1, 0.15) is 30.9 Å². The summed E-state index contributed by atoms with van der Waals surface area (Å²) in [6.45, 7) is 4.60.